The van der Waals surface area contributed by atoms with E-state index in [9.17, 15) is 0 Å². The van der Waals surface area contributed by atoms with Crippen LogP contribution in [0.4, 0.5) is 11.5 Å². The van der Waals surface area contributed by atoms with Crippen molar-refractivity contribution in [3.8, 4) is 0 Å². The second kappa shape index (κ2) is 5.59. The number of nitrogens with zero attached hydrogens (tertiary/aromatic N) is 5. The zero-order chi connectivity index (χ0) is 13.8. The van der Waals surface area contributed by atoms with Gasteiger partial charge in [0.25, 0.3) is 0 Å². The SMILES string of the molecule is N=C1C(=Nc2cnn(CCO)c2N)C=NN1CCO. The van der Waals surface area contributed by atoms with Crippen LogP contribution in [0.25, 0.3) is 0 Å². The highest BCUT2D eigenvalue weighted by atomic mass is 16.3. The van der Waals surface area contributed by atoms with Crippen molar-refractivity contribution in [1.82, 2.24) is 14.8 Å². The van der Waals surface area contributed by atoms with Crippen LogP contribution in [0.1, 0.15) is 0 Å². The molecular weight excluding hydrogens is 250 g/mol. The minimum Gasteiger partial charge on any atom is -0.394 e. The molecule has 0 bridgehead atoms. The molecule has 0 fully saturated rings. The molecule has 2 rings (SSSR count). The van der Waals surface area contributed by atoms with Gasteiger partial charge in [-0.15, -0.1) is 0 Å². The Balaban J connectivity index is 2.19. The molecule has 0 spiro atoms. The van der Waals surface area contributed by atoms with E-state index in [2.05, 4.69) is 15.2 Å². The van der Waals surface area contributed by atoms with E-state index >= 15 is 0 Å². The van der Waals surface area contributed by atoms with Gasteiger partial charge in [-0.25, -0.2) is 14.7 Å². The largest absolute Gasteiger partial charge is 0.394 e. The number of amidine groups is 1. The van der Waals surface area contributed by atoms with Crippen LogP contribution in [-0.4, -0.2) is 62.5 Å². The number of aromatic nitrogens is 2. The number of nitrogens with one attached hydrogen (secondary N) is 1. The highest BCUT2D eigenvalue weighted by molar-refractivity contribution is 6.63. The number of β-amino-alcohol motifs (C(OH)–C–C–N with tert-alkyl or cyclic N) is 1. The summed E-state index contributed by atoms with van der Waals surface area (Å²) >= 11 is 0. The molecule has 0 saturated heterocycles. The monoisotopic (exact) mass is 265 g/mol. The van der Waals surface area contributed by atoms with Gasteiger partial charge in [0.05, 0.1) is 38.7 Å². The third kappa shape index (κ3) is 2.61. The molecule has 19 heavy (non-hydrogen) atoms. The summed E-state index contributed by atoms with van der Waals surface area (Å²) in [6.45, 7) is 0.374. The molecule has 1 aliphatic rings. The van der Waals surface area contributed by atoms with Gasteiger partial charge in [-0.3, -0.25) is 5.41 Å². The topological polar surface area (TPSA) is 136 Å². The summed E-state index contributed by atoms with van der Waals surface area (Å²) < 4.78 is 1.43. The summed E-state index contributed by atoms with van der Waals surface area (Å²) in [6.07, 6.45) is 2.90. The van der Waals surface area contributed by atoms with Gasteiger partial charge in [0.15, 0.2) is 5.84 Å². The summed E-state index contributed by atoms with van der Waals surface area (Å²) in [5, 5.41) is 34.7. The van der Waals surface area contributed by atoms with E-state index in [-0.39, 0.29) is 25.6 Å². The van der Waals surface area contributed by atoms with Crippen molar-refractivity contribution in [2.45, 2.75) is 6.54 Å². The summed E-state index contributed by atoms with van der Waals surface area (Å²) in [6, 6.07) is 0. The van der Waals surface area contributed by atoms with E-state index in [1.54, 1.807) is 0 Å². The molecule has 2 heterocycles. The number of nitrogen functional groups attached to an aromatic ring is 1. The predicted octanol–water partition coefficient (Wildman–Crippen LogP) is -1.20. The number of rotatable bonds is 5. The fourth-order valence-corrected chi connectivity index (χ4v) is 1.60. The Labute approximate surface area is 109 Å². The highest BCUT2D eigenvalue weighted by Gasteiger charge is 2.20. The number of hydrogen-bond acceptors (Lipinski definition) is 7. The van der Waals surface area contributed by atoms with Crippen molar-refractivity contribution in [2.24, 2.45) is 10.1 Å². The third-order valence-electron chi connectivity index (χ3n) is 2.54. The first-order valence-corrected chi connectivity index (χ1v) is 5.69. The normalized spacial score (nSPS) is 16.8. The zero-order valence-electron chi connectivity index (χ0n) is 10.2. The van der Waals surface area contributed by atoms with Crippen LogP contribution in [0.15, 0.2) is 16.3 Å². The molecule has 5 N–H and O–H groups in total. The van der Waals surface area contributed by atoms with Crippen LogP contribution >= 0.6 is 0 Å². The van der Waals surface area contributed by atoms with Gasteiger partial charge >= 0.3 is 0 Å². The molecule has 9 heteroatoms. The molecule has 1 aromatic heterocycles. The lowest BCUT2D eigenvalue weighted by Crippen LogP contribution is -2.28. The molecule has 0 atom stereocenters. The lowest BCUT2D eigenvalue weighted by Gasteiger charge is -2.10. The van der Waals surface area contributed by atoms with Gasteiger partial charge in [0.2, 0.25) is 0 Å². The van der Waals surface area contributed by atoms with Crippen molar-refractivity contribution < 1.29 is 10.2 Å². The number of hydrazone groups is 1. The van der Waals surface area contributed by atoms with E-state index < -0.39 is 0 Å². The fourth-order valence-electron chi connectivity index (χ4n) is 1.60. The van der Waals surface area contributed by atoms with Crippen molar-refractivity contribution >= 4 is 29.3 Å². The number of anilines is 1. The first-order valence-electron chi connectivity index (χ1n) is 5.69. The van der Waals surface area contributed by atoms with Crippen LogP contribution in [0.3, 0.4) is 0 Å². The Kier molecular flexibility index (Phi) is 3.88. The molecule has 0 aromatic carbocycles. The Morgan fingerprint density at radius 1 is 1.32 bits per heavy atom. The Bertz CT molecular complexity index is 534. The van der Waals surface area contributed by atoms with Crippen LogP contribution < -0.4 is 5.73 Å². The van der Waals surface area contributed by atoms with Crippen LogP contribution in [0.2, 0.25) is 0 Å². The Hall–Kier alpha value is -2.26. The fraction of sp³-hybridized carbons (Fsp3) is 0.400. The van der Waals surface area contributed by atoms with Gasteiger partial charge in [-0.1, -0.05) is 0 Å². The average molecular weight is 265 g/mol. The van der Waals surface area contributed by atoms with Gasteiger partial charge in [-0.2, -0.15) is 10.2 Å². The lowest BCUT2D eigenvalue weighted by atomic mass is 10.3. The van der Waals surface area contributed by atoms with Gasteiger partial charge in [0, 0.05) is 0 Å². The number of hydrogen-bond donors (Lipinski definition) is 4. The van der Waals surface area contributed by atoms with Crippen molar-refractivity contribution in [1.29, 1.82) is 5.41 Å². The smallest absolute Gasteiger partial charge is 0.169 e. The predicted molar refractivity (Wildman–Crippen MR) is 70.8 cm³/mol. The van der Waals surface area contributed by atoms with Crippen LogP contribution in [-0.2, 0) is 6.54 Å². The number of aliphatic hydroxyl groups excluding tert-OH is 2. The van der Waals surface area contributed by atoms with Crippen LogP contribution in [0, 0.1) is 5.41 Å². The molecule has 0 saturated carbocycles. The van der Waals surface area contributed by atoms with Crippen molar-refractivity contribution in [2.75, 3.05) is 25.5 Å². The molecular formula is C10H15N7O2. The molecule has 102 valence electrons. The minimum absolute atomic E-state index is 0.0660. The van der Waals surface area contributed by atoms with Gasteiger partial charge in [-0.05, 0) is 0 Å². The maximum absolute atomic E-state index is 8.84. The van der Waals surface area contributed by atoms with Crippen molar-refractivity contribution in [3.63, 3.8) is 0 Å². The second-order valence-corrected chi connectivity index (χ2v) is 3.80. The Morgan fingerprint density at radius 3 is 2.74 bits per heavy atom. The molecule has 0 amide bonds. The second-order valence-electron chi connectivity index (χ2n) is 3.80. The standard InChI is InChI=1S/C10H15N7O2/c11-9-7(5-13-16(9)1-3-18)15-8-6-14-17(2-4-19)10(8)12/h5-6,11,18-19H,1-4,12H2. The highest BCUT2D eigenvalue weighted by Crippen LogP contribution is 2.21. The lowest BCUT2D eigenvalue weighted by molar-refractivity contribution is 0.255. The molecule has 0 radical (unpaired) electrons. The number of aliphatic imine (C=N–C) groups is 1. The molecule has 0 unspecified atom stereocenters. The summed E-state index contributed by atoms with van der Waals surface area (Å²) in [5.41, 5.74) is 6.59. The summed E-state index contributed by atoms with van der Waals surface area (Å²) in [7, 11) is 0. The molecule has 9 nitrogen and oxygen atoms in total. The maximum Gasteiger partial charge on any atom is 0.169 e. The first kappa shape index (κ1) is 13.2. The van der Waals surface area contributed by atoms with Gasteiger partial charge < -0.3 is 15.9 Å². The Morgan fingerprint density at radius 2 is 2.05 bits per heavy atom. The molecule has 0 aliphatic carbocycles. The van der Waals surface area contributed by atoms with E-state index in [1.165, 1.54) is 22.1 Å². The minimum atomic E-state index is -0.0937. The third-order valence-corrected chi connectivity index (χ3v) is 2.54. The molecule has 1 aromatic rings. The van der Waals surface area contributed by atoms with Crippen molar-refractivity contribution in [3.05, 3.63) is 6.20 Å². The van der Waals surface area contributed by atoms with E-state index in [4.69, 9.17) is 21.4 Å². The quantitative estimate of drug-likeness (QED) is 0.530. The van der Waals surface area contributed by atoms with E-state index in [1.807, 2.05) is 0 Å². The average Bonchev–Trinajstić information content (AvgIpc) is 2.90. The van der Waals surface area contributed by atoms with E-state index in [0.717, 1.165) is 0 Å². The first-order chi connectivity index (χ1) is 9.17. The molecule has 1 aliphatic heterocycles. The van der Waals surface area contributed by atoms with E-state index in [0.29, 0.717) is 23.8 Å². The maximum atomic E-state index is 8.84. The number of nitrogens with two attached hydrogens (primary N) is 1. The van der Waals surface area contributed by atoms with Gasteiger partial charge in [0.1, 0.15) is 17.2 Å². The van der Waals surface area contributed by atoms with Crippen LogP contribution in [0.5, 0.6) is 0 Å². The summed E-state index contributed by atoms with van der Waals surface area (Å²) in [5.74, 6) is 0.423. The summed E-state index contributed by atoms with van der Waals surface area (Å²) in [4.78, 5) is 4.20. The zero-order valence-corrected chi connectivity index (χ0v) is 10.2. The number of aliphatic hydroxyl groups is 2.